The Morgan fingerprint density at radius 1 is 1.03 bits per heavy atom. The lowest BCUT2D eigenvalue weighted by atomic mass is 9.72. The fourth-order valence-electron chi connectivity index (χ4n) is 4.40. The molecule has 0 radical (unpaired) electrons. The molecule has 1 aliphatic rings. The van der Waals surface area contributed by atoms with Crippen molar-refractivity contribution in [3.63, 3.8) is 0 Å². The molecule has 164 valence electrons. The van der Waals surface area contributed by atoms with Gasteiger partial charge in [0.05, 0.1) is 5.41 Å². The Balaban J connectivity index is 1.81. The second-order valence-electron chi connectivity index (χ2n) is 7.91. The van der Waals surface area contributed by atoms with Gasteiger partial charge in [0.2, 0.25) is 17.7 Å². The Morgan fingerprint density at radius 2 is 1.68 bits per heavy atom. The number of hydrogen-bond acceptors (Lipinski definition) is 4. The molecule has 0 bridgehead atoms. The number of nitrogens with zero attached hydrogens (tertiary/aromatic N) is 1. The zero-order valence-corrected chi connectivity index (χ0v) is 18.5. The van der Waals surface area contributed by atoms with Crippen LogP contribution < -0.4 is 10.6 Å². The summed E-state index contributed by atoms with van der Waals surface area (Å²) >= 11 is 0. The van der Waals surface area contributed by atoms with E-state index in [0.717, 1.165) is 24.2 Å². The van der Waals surface area contributed by atoms with Crippen LogP contribution in [0.1, 0.15) is 57.2 Å². The fourth-order valence-corrected chi connectivity index (χ4v) is 4.40. The number of hydrogen-bond donors (Lipinski definition) is 2. The molecular formula is C25H31N3O3. The van der Waals surface area contributed by atoms with Crippen molar-refractivity contribution in [2.45, 2.75) is 51.5 Å². The number of rotatable bonds is 8. The van der Waals surface area contributed by atoms with Gasteiger partial charge in [-0.3, -0.25) is 24.6 Å². The second-order valence-corrected chi connectivity index (χ2v) is 7.91. The van der Waals surface area contributed by atoms with E-state index in [9.17, 15) is 14.4 Å². The van der Waals surface area contributed by atoms with E-state index >= 15 is 0 Å². The van der Waals surface area contributed by atoms with Gasteiger partial charge in [0, 0.05) is 12.1 Å². The number of benzene rings is 2. The molecule has 0 saturated carbocycles. The summed E-state index contributed by atoms with van der Waals surface area (Å²) in [6.45, 7) is 7.57. The van der Waals surface area contributed by atoms with Gasteiger partial charge in [-0.2, -0.15) is 0 Å². The van der Waals surface area contributed by atoms with Crippen LogP contribution in [0.5, 0.6) is 0 Å². The lowest BCUT2D eigenvalue weighted by Crippen LogP contribution is -2.51. The molecule has 2 aromatic rings. The maximum atomic E-state index is 13.2. The third-order valence-corrected chi connectivity index (χ3v) is 6.32. The van der Waals surface area contributed by atoms with E-state index in [1.807, 2.05) is 75.4 Å². The van der Waals surface area contributed by atoms with Gasteiger partial charge in [-0.1, -0.05) is 63.2 Å². The second kappa shape index (κ2) is 9.88. The van der Waals surface area contributed by atoms with Crippen LogP contribution in [0.4, 0.5) is 5.69 Å². The highest BCUT2D eigenvalue weighted by Gasteiger charge is 2.42. The zero-order valence-electron chi connectivity index (χ0n) is 18.5. The Morgan fingerprint density at radius 3 is 2.23 bits per heavy atom. The van der Waals surface area contributed by atoms with Crippen molar-refractivity contribution in [2.75, 3.05) is 18.4 Å². The highest BCUT2D eigenvalue weighted by Crippen LogP contribution is 2.36. The Hall–Kier alpha value is -2.99. The number of nitrogens with one attached hydrogen (secondary N) is 2. The lowest BCUT2D eigenvalue weighted by molar-refractivity contribution is -0.138. The van der Waals surface area contributed by atoms with Crippen LogP contribution in [0, 0.1) is 0 Å². The molecular weight excluding hydrogens is 390 g/mol. The number of piperidine rings is 1. The molecule has 1 fully saturated rings. The maximum absolute atomic E-state index is 13.2. The SMILES string of the molecule is CCN(CC)C(C(=O)Nc1ccc(C2(CC)CCC(=O)NC2=O)cc1)c1ccccc1. The van der Waals surface area contributed by atoms with Crippen LogP contribution >= 0.6 is 0 Å². The Bertz CT molecular complexity index is 923. The van der Waals surface area contributed by atoms with Gasteiger partial charge in [-0.05, 0) is 49.2 Å². The molecule has 0 aromatic heterocycles. The first-order chi connectivity index (χ1) is 14.9. The number of amides is 3. The van der Waals surface area contributed by atoms with E-state index in [1.165, 1.54) is 0 Å². The average Bonchev–Trinajstić information content (AvgIpc) is 2.79. The van der Waals surface area contributed by atoms with Gasteiger partial charge >= 0.3 is 0 Å². The first-order valence-electron chi connectivity index (χ1n) is 11.0. The van der Waals surface area contributed by atoms with Gasteiger partial charge in [-0.25, -0.2) is 0 Å². The fraction of sp³-hybridized carbons (Fsp3) is 0.400. The number of anilines is 1. The van der Waals surface area contributed by atoms with E-state index in [4.69, 9.17) is 0 Å². The molecule has 2 N–H and O–H groups in total. The minimum atomic E-state index is -0.704. The highest BCUT2D eigenvalue weighted by atomic mass is 16.2. The van der Waals surface area contributed by atoms with Gasteiger partial charge < -0.3 is 5.32 Å². The number of imide groups is 1. The van der Waals surface area contributed by atoms with Crippen LogP contribution in [-0.2, 0) is 19.8 Å². The summed E-state index contributed by atoms with van der Waals surface area (Å²) in [6.07, 6.45) is 1.44. The summed E-state index contributed by atoms with van der Waals surface area (Å²) in [5.41, 5.74) is 1.79. The molecule has 1 aliphatic heterocycles. The first-order valence-corrected chi connectivity index (χ1v) is 11.0. The van der Waals surface area contributed by atoms with Crippen LogP contribution in [0.25, 0.3) is 0 Å². The molecule has 6 heteroatoms. The summed E-state index contributed by atoms with van der Waals surface area (Å²) in [4.78, 5) is 39.5. The van der Waals surface area contributed by atoms with Crippen molar-refractivity contribution in [1.82, 2.24) is 10.2 Å². The molecule has 3 rings (SSSR count). The summed E-state index contributed by atoms with van der Waals surface area (Å²) in [5, 5.41) is 5.51. The topological polar surface area (TPSA) is 78.5 Å². The minimum absolute atomic E-state index is 0.0890. The monoisotopic (exact) mass is 421 g/mol. The highest BCUT2D eigenvalue weighted by molar-refractivity contribution is 6.03. The van der Waals surface area contributed by atoms with Gasteiger partial charge in [0.25, 0.3) is 0 Å². The predicted octanol–water partition coefficient (Wildman–Crippen LogP) is 3.79. The average molecular weight is 422 g/mol. The summed E-state index contributed by atoms with van der Waals surface area (Å²) in [5.74, 6) is -0.552. The molecule has 2 unspecified atom stereocenters. The van der Waals surface area contributed by atoms with Crippen molar-refractivity contribution < 1.29 is 14.4 Å². The van der Waals surface area contributed by atoms with Crippen LogP contribution in [0.2, 0.25) is 0 Å². The molecule has 3 amide bonds. The summed E-state index contributed by atoms with van der Waals surface area (Å²) < 4.78 is 0. The number of carbonyl (C=O) groups is 3. The molecule has 2 atom stereocenters. The van der Waals surface area contributed by atoms with E-state index in [-0.39, 0.29) is 23.8 Å². The largest absolute Gasteiger partial charge is 0.324 e. The first kappa shape index (κ1) is 22.7. The van der Waals surface area contributed by atoms with E-state index in [0.29, 0.717) is 24.9 Å². The molecule has 1 heterocycles. The zero-order chi connectivity index (χ0) is 22.4. The third kappa shape index (κ3) is 4.69. The van der Waals surface area contributed by atoms with Crippen molar-refractivity contribution in [3.8, 4) is 0 Å². The number of carbonyl (C=O) groups excluding carboxylic acids is 3. The van der Waals surface area contributed by atoms with Gasteiger partial charge in [-0.15, -0.1) is 0 Å². The van der Waals surface area contributed by atoms with Crippen LogP contribution in [-0.4, -0.2) is 35.7 Å². The van der Waals surface area contributed by atoms with E-state index in [1.54, 1.807) is 0 Å². The Labute approximate surface area is 184 Å². The van der Waals surface area contributed by atoms with E-state index in [2.05, 4.69) is 15.5 Å². The van der Waals surface area contributed by atoms with Crippen LogP contribution in [0.15, 0.2) is 54.6 Å². The quantitative estimate of drug-likeness (QED) is 0.636. The lowest BCUT2D eigenvalue weighted by Gasteiger charge is -2.35. The standard InChI is InChI=1S/C25H31N3O3/c1-4-25(17-16-21(29)27-24(25)31)19-12-14-20(15-13-19)26-23(30)22(28(5-2)6-3)18-10-8-7-9-11-18/h7-15,22H,4-6,16-17H2,1-3H3,(H,26,30)(H,27,29,31). The molecule has 31 heavy (non-hydrogen) atoms. The van der Waals surface area contributed by atoms with Crippen molar-refractivity contribution >= 4 is 23.4 Å². The van der Waals surface area contributed by atoms with Crippen LogP contribution in [0.3, 0.4) is 0 Å². The van der Waals surface area contributed by atoms with Crippen molar-refractivity contribution in [2.24, 2.45) is 0 Å². The predicted molar refractivity (Wildman–Crippen MR) is 122 cm³/mol. The molecule has 1 saturated heterocycles. The molecule has 2 aromatic carbocycles. The normalized spacial score (nSPS) is 19.7. The third-order valence-electron chi connectivity index (χ3n) is 6.32. The van der Waals surface area contributed by atoms with Crippen molar-refractivity contribution in [1.29, 1.82) is 0 Å². The molecule has 0 spiro atoms. The van der Waals surface area contributed by atoms with Gasteiger partial charge in [0.1, 0.15) is 6.04 Å². The smallest absolute Gasteiger partial charge is 0.246 e. The molecule has 0 aliphatic carbocycles. The van der Waals surface area contributed by atoms with Crippen molar-refractivity contribution in [3.05, 3.63) is 65.7 Å². The summed E-state index contributed by atoms with van der Waals surface area (Å²) in [7, 11) is 0. The molecule has 6 nitrogen and oxygen atoms in total. The number of likely N-dealkylation sites (N-methyl/N-ethyl adjacent to an activating group) is 1. The van der Waals surface area contributed by atoms with E-state index < -0.39 is 5.41 Å². The maximum Gasteiger partial charge on any atom is 0.246 e. The summed E-state index contributed by atoms with van der Waals surface area (Å²) in [6, 6.07) is 16.8. The minimum Gasteiger partial charge on any atom is -0.324 e. The van der Waals surface area contributed by atoms with Gasteiger partial charge in [0.15, 0.2) is 0 Å². The Kier molecular flexibility index (Phi) is 7.23.